The van der Waals surface area contributed by atoms with Gasteiger partial charge < -0.3 is 20.0 Å². The Morgan fingerprint density at radius 2 is 1.96 bits per heavy atom. The number of para-hydroxylation sites is 1. The van der Waals surface area contributed by atoms with Crippen LogP contribution in [0.1, 0.15) is 16.9 Å². The van der Waals surface area contributed by atoms with Gasteiger partial charge in [-0.15, -0.1) is 0 Å². The maximum absolute atomic E-state index is 5.33. The SMILES string of the molecule is CN=C(NCCc1ccco1)NCCc1c[nH]c2c(C)cccc12. The molecule has 0 saturated carbocycles. The van der Waals surface area contributed by atoms with Gasteiger partial charge in [-0.3, -0.25) is 4.99 Å². The molecule has 3 N–H and O–H groups in total. The highest BCUT2D eigenvalue weighted by atomic mass is 16.3. The molecule has 5 nitrogen and oxygen atoms in total. The van der Waals surface area contributed by atoms with Crippen molar-refractivity contribution in [3.8, 4) is 0 Å². The quantitative estimate of drug-likeness (QED) is 0.482. The zero-order chi connectivity index (χ0) is 16.8. The Morgan fingerprint density at radius 3 is 2.71 bits per heavy atom. The van der Waals surface area contributed by atoms with Crippen LogP contribution in [-0.2, 0) is 12.8 Å². The first-order chi connectivity index (χ1) is 11.8. The van der Waals surface area contributed by atoms with Crippen LogP contribution in [0.5, 0.6) is 0 Å². The van der Waals surface area contributed by atoms with E-state index in [-0.39, 0.29) is 0 Å². The lowest BCUT2D eigenvalue weighted by atomic mass is 10.1. The third kappa shape index (κ3) is 3.79. The molecule has 3 aromatic rings. The van der Waals surface area contributed by atoms with E-state index < -0.39 is 0 Å². The molecule has 5 heteroatoms. The average molecular weight is 324 g/mol. The van der Waals surface area contributed by atoms with E-state index in [1.165, 1.54) is 22.0 Å². The Balaban J connectivity index is 1.48. The second-order valence-electron chi connectivity index (χ2n) is 5.82. The molecule has 2 aromatic heterocycles. The molecule has 3 rings (SSSR count). The van der Waals surface area contributed by atoms with Crippen LogP contribution in [0.15, 0.2) is 52.2 Å². The van der Waals surface area contributed by atoms with Gasteiger partial charge in [0.2, 0.25) is 0 Å². The van der Waals surface area contributed by atoms with Gasteiger partial charge in [0, 0.05) is 43.7 Å². The summed E-state index contributed by atoms with van der Waals surface area (Å²) in [6.45, 7) is 3.76. The number of hydrogen-bond acceptors (Lipinski definition) is 2. The number of aliphatic imine (C=N–C) groups is 1. The van der Waals surface area contributed by atoms with Gasteiger partial charge in [0.15, 0.2) is 5.96 Å². The van der Waals surface area contributed by atoms with Gasteiger partial charge in [0.05, 0.1) is 6.26 Å². The lowest BCUT2D eigenvalue weighted by Gasteiger charge is -2.11. The van der Waals surface area contributed by atoms with E-state index in [0.29, 0.717) is 0 Å². The van der Waals surface area contributed by atoms with Gasteiger partial charge in [0.25, 0.3) is 0 Å². The Bertz CT molecular complexity index is 802. The number of aryl methyl sites for hydroxylation is 1. The van der Waals surface area contributed by atoms with E-state index in [1.807, 2.05) is 12.1 Å². The summed E-state index contributed by atoms with van der Waals surface area (Å²) in [5, 5.41) is 7.97. The number of aromatic amines is 1. The average Bonchev–Trinajstić information content (AvgIpc) is 3.24. The molecule has 2 heterocycles. The molecule has 0 bridgehead atoms. The maximum atomic E-state index is 5.33. The first-order valence-electron chi connectivity index (χ1n) is 8.30. The van der Waals surface area contributed by atoms with E-state index in [2.05, 4.69) is 51.9 Å². The van der Waals surface area contributed by atoms with Crippen LogP contribution in [0, 0.1) is 6.92 Å². The highest BCUT2D eigenvalue weighted by molar-refractivity contribution is 5.86. The van der Waals surface area contributed by atoms with Gasteiger partial charge in [-0.1, -0.05) is 18.2 Å². The standard InChI is InChI=1S/C19H24N4O/c1-14-5-3-7-17-15(13-23-18(14)17)8-10-21-19(20-2)22-11-9-16-6-4-12-24-16/h3-7,12-13,23H,8-11H2,1-2H3,(H2,20,21,22). The number of hydrogen-bond donors (Lipinski definition) is 3. The third-order valence-electron chi connectivity index (χ3n) is 4.16. The van der Waals surface area contributed by atoms with Crippen LogP contribution in [0.4, 0.5) is 0 Å². The first kappa shape index (κ1) is 16.2. The Labute approximate surface area is 142 Å². The minimum absolute atomic E-state index is 0.791. The van der Waals surface area contributed by atoms with Crippen LogP contribution in [0.3, 0.4) is 0 Å². The van der Waals surface area contributed by atoms with Crippen LogP contribution in [0.2, 0.25) is 0 Å². The van der Waals surface area contributed by atoms with Crippen molar-refractivity contribution in [3.05, 3.63) is 59.7 Å². The van der Waals surface area contributed by atoms with E-state index in [0.717, 1.165) is 37.7 Å². The predicted octanol–water partition coefficient (Wildman–Crippen LogP) is 3.02. The van der Waals surface area contributed by atoms with E-state index >= 15 is 0 Å². The normalized spacial score (nSPS) is 11.8. The second kappa shape index (κ2) is 7.73. The molecule has 0 radical (unpaired) electrons. The number of guanidine groups is 1. The van der Waals surface area contributed by atoms with Crippen molar-refractivity contribution in [2.24, 2.45) is 4.99 Å². The molecule has 0 unspecified atom stereocenters. The summed E-state index contributed by atoms with van der Waals surface area (Å²) in [6.07, 6.45) is 5.59. The fraction of sp³-hybridized carbons (Fsp3) is 0.316. The Morgan fingerprint density at radius 1 is 1.12 bits per heavy atom. The van der Waals surface area contributed by atoms with Crippen molar-refractivity contribution in [1.82, 2.24) is 15.6 Å². The predicted molar refractivity (Wildman–Crippen MR) is 98.5 cm³/mol. The van der Waals surface area contributed by atoms with Crippen molar-refractivity contribution in [2.75, 3.05) is 20.1 Å². The highest BCUT2D eigenvalue weighted by Gasteiger charge is 2.05. The molecule has 0 aliphatic heterocycles. The fourth-order valence-corrected chi connectivity index (χ4v) is 2.87. The summed E-state index contributed by atoms with van der Waals surface area (Å²) in [4.78, 5) is 7.63. The molecule has 0 aliphatic carbocycles. The lowest BCUT2D eigenvalue weighted by molar-refractivity contribution is 0.507. The number of nitrogens with one attached hydrogen (secondary N) is 3. The number of rotatable bonds is 6. The molecule has 0 saturated heterocycles. The molecule has 1 aromatic carbocycles. The maximum Gasteiger partial charge on any atom is 0.191 e. The minimum Gasteiger partial charge on any atom is -0.469 e. The fourth-order valence-electron chi connectivity index (χ4n) is 2.87. The van der Waals surface area contributed by atoms with Gasteiger partial charge in [-0.2, -0.15) is 0 Å². The van der Waals surface area contributed by atoms with Crippen molar-refractivity contribution in [2.45, 2.75) is 19.8 Å². The zero-order valence-electron chi connectivity index (χ0n) is 14.2. The summed E-state index contributed by atoms with van der Waals surface area (Å²) in [7, 11) is 1.79. The first-order valence-corrected chi connectivity index (χ1v) is 8.30. The van der Waals surface area contributed by atoms with Crippen molar-refractivity contribution in [3.63, 3.8) is 0 Å². The molecule has 0 atom stereocenters. The smallest absolute Gasteiger partial charge is 0.191 e. The van der Waals surface area contributed by atoms with E-state index in [9.17, 15) is 0 Å². The molecular weight excluding hydrogens is 300 g/mol. The largest absolute Gasteiger partial charge is 0.469 e. The van der Waals surface area contributed by atoms with Gasteiger partial charge in [0.1, 0.15) is 5.76 Å². The molecular formula is C19H24N4O. The van der Waals surface area contributed by atoms with Crippen LogP contribution >= 0.6 is 0 Å². The summed E-state index contributed by atoms with van der Waals surface area (Å²) >= 11 is 0. The summed E-state index contributed by atoms with van der Waals surface area (Å²) in [6, 6.07) is 10.3. The van der Waals surface area contributed by atoms with Crippen LogP contribution < -0.4 is 10.6 Å². The summed E-state index contributed by atoms with van der Waals surface area (Å²) < 4.78 is 5.33. The second-order valence-corrected chi connectivity index (χ2v) is 5.82. The molecule has 24 heavy (non-hydrogen) atoms. The minimum atomic E-state index is 0.791. The Hall–Kier alpha value is -2.69. The van der Waals surface area contributed by atoms with Crippen molar-refractivity contribution >= 4 is 16.9 Å². The molecule has 0 amide bonds. The number of H-pyrrole nitrogens is 1. The Kier molecular flexibility index (Phi) is 5.21. The number of benzene rings is 1. The van der Waals surface area contributed by atoms with Gasteiger partial charge >= 0.3 is 0 Å². The molecule has 0 aliphatic rings. The summed E-state index contributed by atoms with van der Waals surface area (Å²) in [5.41, 5.74) is 3.84. The number of aromatic nitrogens is 1. The van der Waals surface area contributed by atoms with Gasteiger partial charge in [-0.25, -0.2) is 0 Å². The molecule has 126 valence electrons. The topological polar surface area (TPSA) is 65.3 Å². The third-order valence-corrected chi connectivity index (χ3v) is 4.16. The van der Waals surface area contributed by atoms with Crippen molar-refractivity contribution < 1.29 is 4.42 Å². The number of furan rings is 1. The van der Waals surface area contributed by atoms with Crippen LogP contribution in [-0.4, -0.2) is 31.1 Å². The molecule has 0 spiro atoms. The number of fused-ring (bicyclic) bond motifs is 1. The van der Waals surface area contributed by atoms with Crippen LogP contribution in [0.25, 0.3) is 10.9 Å². The van der Waals surface area contributed by atoms with E-state index in [4.69, 9.17) is 4.42 Å². The number of nitrogens with zero attached hydrogens (tertiary/aromatic N) is 1. The van der Waals surface area contributed by atoms with Gasteiger partial charge in [-0.05, 0) is 36.6 Å². The van der Waals surface area contributed by atoms with Crippen molar-refractivity contribution in [1.29, 1.82) is 0 Å². The summed E-state index contributed by atoms with van der Waals surface area (Å²) in [5.74, 6) is 1.80. The monoisotopic (exact) mass is 324 g/mol. The van der Waals surface area contributed by atoms with E-state index in [1.54, 1.807) is 13.3 Å². The highest BCUT2D eigenvalue weighted by Crippen LogP contribution is 2.21. The molecule has 0 fully saturated rings. The zero-order valence-corrected chi connectivity index (χ0v) is 14.2. The lowest BCUT2D eigenvalue weighted by Crippen LogP contribution is -2.39.